The van der Waals surface area contributed by atoms with E-state index >= 15 is 0 Å². The van der Waals surface area contributed by atoms with Crippen LogP contribution in [0, 0.1) is 11.8 Å². The number of phenols is 1. The van der Waals surface area contributed by atoms with Crippen molar-refractivity contribution in [2.24, 2.45) is 11.8 Å². The van der Waals surface area contributed by atoms with Gasteiger partial charge in [0, 0.05) is 32.7 Å². The molecule has 2 fully saturated rings. The van der Waals surface area contributed by atoms with E-state index in [4.69, 9.17) is 0 Å². The lowest BCUT2D eigenvalue weighted by molar-refractivity contribution is -0.136. The van der Waals surface area contributed by atoms with Crippen LogP contribution in [0.4, 0.5) is 4.79 Å². The monoisotopic (exact) mass is 401 g/mol. The van der Waals surface area contributed by atoms with Crippen molar-refractivity contribution in [2.75, 3.05) is 26.2 Å². The summed E-state index contributed by atoms with van der Waals surface area (Å²) in [6.07, 6.45) is 2.25. The highest BCUT2D eigenvalue weighted by atomic mass is 16.3. The van der Waals surface area contributed by atoms with Crippen LogP contribution in [0.25, 0.3) is 0 Å². The summed E-state index contributed by atoms with van der Waals surface area (Å²) in [4.78, 5) is 32.2. The van der Waals surface area contributed by atoms with Crippen LogP contribution in [-0.2, 0) is 11.3 Å². The van der Waals surface area contributed by atoms with Crippen LogP contribution in [-0.4, -0.2) is 63.5 Å². The largest absolute Gasteiger partial charge is 0.508 e. The van der Waals surface area contributed by atoms with Gasteiger partial charge in [-0.15, -0.1) is 0 Å². The van der Waals surface area contributed by atoms with Gasteiger partial charge in [-0.2, -0.15) is 0 Å². The van der Waals surface area contributed by atoms with E-state index in [9.17, 15) is 14.7 Å². The molecule has 0 bridgehead atoms. The van der Waals surface area contributed by atoms with Gasteiger partial charge in [0.1, 0.15) is 11.3 Å². The maximum absolute atomic E-state index is 13.4. The van der Waals surface area contributed by atoms with Gasteiger partial charge in [-0.1, -0.05) is 39.8 Å². The maximum Gasteiger partial charge on any atom is 0.327 e. The fourth-order valence-electron chi connectivity index (χ4n) is 4.48. The second-order valence-electron chi connectivity index (χ2n) is 9.40. The van der Waals surface area contributed by atoms with Gasteiger partial charge in [-0.3, -0.25) is 14.6 Å². The molecule has 0 unspecified atom stereocenters. The number of rotatable bonds is 7. The summed E-state index contributed by atoms with van der Waals surface area (Å²) in [6, 6.07) is 7.22. The Kier molecular flexibility index (Phi) is 6.52. The molecule has 6 heteroatoms. The van der Waals surface area contributed by atoms with E-state index in [0.29, 0.717) is 31.8 Å². The van der Waals surface area contributed by atoms with Crippen molar-refractivity contribution >= 4 is 11.9 Å². The molecule has 0 aromatic heterocycles. The van der Waals surface area contributed by atoms with Gasteiger partial charge >= 0.3 is 6.03 Å². The number of imide groups is 1. The molecule has 0 atom stereocenters. The first kappa shape index (κ1) is 21.6. The lowest BCUT2D eigenvalue weighted by Gasteiger charge is -2.42. The number of nitrogens with zero attached hydrogens (tertiary/aromatic N) is 3. The first-order valence-electron chi connectivity index (χ1n) is 10.9. The summed E-state index contributed by atoms with van der Waals surface area (Å²) in [7, 11) is 0. The van der Waals surface area contributed by atoms with E-state index < -0.39 is 5.54 Å². The number of amides is 3. The molecule has 1 N–H and O–H groups in total. The molecule has 29 heavy (non-hydrogen) atoms. The van der Waals surface area contributed by atoms with Crippen LogP contribution in [0.3, 0.4) is 0 Å². The minimum absolute atomic E-state index is 0.00281. The van der Waals surface area contributed by atoms with Gasteiger partial charge in [0.05, 0.1) is 0 Å². The Morgan fingerprint density at radius 2 is 1.76 bits per heavy atom. The van der Waals surface area contributed by atoms with Crippen molar-refractivity contribution in [2.45, 2.75) is 59.0 Å². The third kappa shape index (κ3) is 4.58. The normalized spacial score (nSPS) is 19.9. The Balaban J connectivity index is 1.74. The summed E-state index contributed by atoms with van der Waals surface area (Å²) in [5.41, 5.74) is 0.379. The number of urea groups is 1. The molecule has 3 amide bonds. The zero-order chi connectivity index (χ0) is 21.2. The summed E-state index contributed by atoms with van der Waals surface area (Å²) in [6.45, 7) is 11.8. The molecular weight excluding hydrogens is 366 g/mol. The molecule has 2 heterocycles. The SMILES string of the molecule is CC(C)CCN1C(=O)N(CC(C)C)C(=O)C12CCN(Cc1cccc(O)c1)CC2. The third-order valence-electron chi connectivity index (χ3n) is 6.10. The van der Waals surface area contributed by atoms with Crippen LogP contribution >= 0.6 is 0 Å². The summed E-state index contributed by atoms with van der Waals surface area (Å²) >= 11 is 0. The molecule has 1 aromatic carbocycles. The van der Waals surface area contributed by atoms with Gasteiger partial charge < -0.3 is 10.0 Å². The molecule has 1 spiro atoms. The molecule has 160 valence electrons. The van der Waals surface area contributed by atoms with E-state index in [2.05, 4.69) is 18.7 Å². The highest BCUT2D eigenvalue weighted by molar-refractivity contribution is 6.07. The van der Waals surface area contributed by atoms with Gasteiger partial charge in [-0.05, 0) is 48.8 Å². The van der Waals surface area contributed by atoms with Crippen LogP contribution in [0.2, 0.25) is 0 Å². The number of carbonyl (C=O) groups excluding carboxylic acids is 2. The number of hydrogen-bond donors (Lipinski definition) is 1. The zero-order valence-electron chi connectivity index (χ0n) is 18.2. The molecule has 2 aliphatic rings. The summed E-state index contributed by atoms with van der Waals surface area (Å²) < 4.78 is 0. The first-order chi connectivity index (χ1) is 13.7. The van der Waals surface area contributed by atoms with Crippen LogP contribution < -0.4 is 0 Å². The number of hydrogen-bond acceptors (Lipinski definition) is 4. The van der Waals surface area contributed by atoms with E-state index in [0.717, 1.165) is 31.6 Å². The number of phenolic OH excluding ortho intramolecular Hbond substituents is 1. The fourth-order valence-corrected chi connectivity index (χ4v) is 4.48. The highest BCUT2D eigenvalue weighted by Crippen LogP contribution is 2.38. The topological polar surface area (TPSA) is 64.1 Å². The standard InChI is InChI=1S/C23H35N3O3/c1-17(2)8-11-26-22(29)25(15-18(3)4)21(28)23(26)9-12-24(13-10-23)16-19-6-5-7-20(27)14-19/h5-7,14,17-18,27H,8-13,15-16H2,1-4H3. The Morgan fingerprint density at radius 3 is 2.34 bits per heavy atom. The number of aromatic hydroxyl groups is 1. The Labute approximate surface area is 174 Å². The first-order valence-corrected chi connectivity index (χ1v) is 10.9. The molecule has 0 aliphatic carbocycles. The Hall–Kier alpha value is -2.08. The second kappa shape index (κ2) is 8.74. The average molecular weight is 402 g/mol. The van der Waals surface area contributed by atoms with Gasteiger partial charge in [0.2, 0.25) is 0 Å². The quantitative estimate of drug-likeness (QED) is 0.708. The lowest BCUT2D eigenvalue weighted by atomic mass is 9.85. The van der Waals surface area contributed by atoms with Crippen molar-refractivity contribution in [3.63, 3.8) is 0 Å². The number of benzene rings is 1. The van der Waals surface area contributed by atoms with E-state index in [1.54, 1.807) is 12.1 Å². The van der Waals surface area contributed by atoms with Crippen LogP contribution in [0.5, 0.6) is 5.75 Å². The summed E-state index contributed by atoms with van der Waals surface area (Å²) in [5.74, 6) is 1.02. The van der Waals surface area contributed by atoms with Crippen molar-refractivity contribution < 1.29 is 14.7 Å². The van der Waals surface area contributed by atoms with E-state index in [1.165, 1.54) is 4.90 Å². The molecule has 0 radical (unpaired) electrons. The summed E-state index contributed by atoms with van der Waals surface area (Å²) in [5, 5.41) is 9.70. The molecule has 0 saturated carbocycles. The molecule has 1 aromatic rings. The minimum Gasteiger partial charge on any atom is -0.508 e. The Bertz CT molecular complexity index is 739. The predicted octanol–water partition coefficient (Wildman–Crippen LogP) is 3.69. The molecule has 2 saturated heterocycles. The van der Waals surface area contributed by atoms with Crippen LogP contribution in [0.1, 0.15) is 52.5 Å². The molecule has 3 rings (SSSR count). The van der Waals surface area contributed by atoms with E-state index in [1.807, 2.05) is 30.9 Å². The van der Waals surface area contributed by atoms with Crippen molar-refractivity contribution in [3.05, 3.63) is 29.8 Å². The number of piperidine rings is 1. The maximum atomic E-state index is 13.4. The molecular formula is C23H35N3O3. The van der Waals surface area contributed by atoms with E-state index in [-0.39, 0.29) is 23.6 Å². The van der Waals surface area contributed by atoms with Crippen molar-refractivity contribution in [3.8, 4) is 5.75 Å². The Morgan fingerprint density at radius 1 is 1.07 bits per heavy atom. The zero-order valence-corrected chi connectivity index (χ0v) is 18.2. The number of likely N-dealkylation sites (tertiary alicyclic amines) is 1. The fraction of sp³-hybridized carbons (Fsp3) is 0.652. The van der Waals surface area contributed by atoms with Crippen LogP contribution in [0.15, 0.2) is 24.3 Å². The van der Waals surface area contributed by atoms with Gasteiger partial charge in [0.25, 0.3) is 5.91 Å². The van der Waals surface area contributed by atoms with Crippen molar-refractivity contribution in [1.82, 2.24) is 14.7 Å². The van der Waals surface area contributed by atoms with Gasteiger partial charge in [-0.25, -0.2) is 4.79 Å². The lowest BCUT2D eigenvalue weighted by Crippen LogP contribution is -2.56. The molecule has 6 nitrogen and oxygen atoms in total. The predicted molar refractivity (Wildman–Crippen MR) is 113 cm³/mol. The van der Waals surface area contributed by atoms with Gasteiger partial charge in [0.15, 0.2) is 0 Å². The smallest absolute Gasteiger partial charge is 0.327 e. The second-order valence-corrected chi connectivity index (χ2v) is 9.40. The molecule has 2 aliphatic heterocycles. The third-order valence-corrected chi connectivity index (χ3v) is 6.10. The average Bonchev–Trinajstić information content (AvgIpc) is 2.83. The van der Waals surface area contributed by atoms with Crippen molar-refractivity contribution in [1.29, 1.82) is 0 Å². The highest BCUT2D eigenvalue weighted by Gasteiger charge is 2.57. The number of carbonyl (C=O) groups is 2. The minimum atomic E-state index is -0.684.